The number of carbonyl (C=O) groups is 3. The molecule has 0 heterocycles. The molecule has 40 heavy (non-hydrogen) atoms. The third-order valence-corrected chi connectivity index (χ3v) is 8.29. The van der Waals surface area contributed by atoms with Crippen LogP contribution < -0.4 is 0 Å². The summed E-state index contributed by atoms with van der Waals surface area (Å²) in [7, 11) is 0. The first-order valence-electron chi connectivity index (χ1n) is 16.2. The molecule has 3 unspecified atom stereocenters. The second-order valence-corrected chi connectivity index (χ2v) is 12.4. The van der Waals surface area contributed by atoms with Gasteiger partial charge in [0.1, 0.15) is 17.8 Å². The van der Waals surface area contributed by atoms with Crippen molar-refractivity contribution in [3.8, 4) is 0 Å². The van der Waals surface area contributed by atoms with E-state index < -0.39 is 35.7 Å². The van der Waals surface area contributed by atoms with Crippen LogP contribution in [0.25, 0.3) is 0 Å². The Bertz CT molecular complexity index is 639. The third kappa shape index (κ3) is 20.1. The Kier molecular flexibility index (Phi) is 22.7. The van der Waals surface area contributed by atoms with E-state index >= 15 is 0 Å². The Hall–Kier alpha value is -1.89. The number of carboxylic acid groups (broad SMARTS) is 3. The van der Waals surface area contributed by atoms with Crippen molar-refractivity contribution in [1.82, 2.24) is 0 Å². The Balaban J connectivity index is 4.26. The molecule has 0 aromatic heterocycles. The summed E-state index contributed by atoms with van der Waals surface area (Å²) in [6, 6.07) is 0. The number of rotatable bonds is 29. The van der Waals surface area contributed by atoms with Gasteiger partial charge in [0.15, 0.2) is 0 Å². The average Bonchev–Trinajstić information content (AvgIpc) is 2.89. The summed E-state index contributed by atoms with van der Waals surface area (Å²) in [5.74, 6) is -4.80. The molecule has 0 spiro atoms. The van der Waals surface area contributed by atoms with Gasteiger partial charge in [-0.25, -0.2) is 0 Å². The van der Waals surface area contributed by atoms with Crippen LogP contribution >= 0.6 is 0 Å². The Morgan fingerprint density at radius 3 is 1.02 bits per heavy atom. The standard InChI is InChI=1S/C33H61NO6/c1-5-6-7-8-9-10-11-12-13-14-15-16-17-18-19-20-21-22-23-24-34(25-28(2)31(35)36,26-29(3)32(37)38)27-30(4)33(39)40/h5,28-30H,1,6-27H2,2-4H3,(H2-,35,36,37,38,39,40)/p+1. The van der Waals surface area contributed by atoms with E-state index in [1.165, 1.54) is 89.9 Å². The Morgan fingerprint density at radius 1 is 0.525 bits per heavy atom. The summed E-state index contributed by atoms with van der Waals surface area (Å²) in [6.45, 7) is 10.0. The molecule has 0 saturated heterocycles. The topological polar surface area (TPSA) is 112 Å². The second kappa shape index (κ2) is 23.8. The molecule has 0 saturated carbocycles. The first-order chi connectivity index (χ1) is 19.0. The molecular weight excluding hydrogens is 506 g/mol. The van der Waals surface area contributed by atoms with Crippen LogP contribution in [0.4, 0.5) is 0 Å². The van der Waals surface area contributed by atoms with Gasteiger partial charge in [-0.3, -0.25) is 14.4 Å². The van der Waals surface area contributed by atoms with Crippen molar-refractivity contribution in [3.05, 3.63) is 12.7 Å². The number of quaternary nitrogens is 1. The zero-order valence-corrected chi connectivity index (χ0v) is 26.1. The molecular formula is C33H62NO6+. The van der Waals surface area contributed by atoms with E-state index in [9.17, 15) is 29.7 Å². The molecule has 3 N–H and O–H groups in total. The minimum atomic E-state index is -0.932. The van der Waals surface area contributed by atoms with Crippen LogP contribution in [0.3, 0.4) is 0 Å². The largest absolute Gasteiger partial charge is 0.481 e. The zero-order valence-electron chi connectivity index (χ0n) is 26.1. The molecule has 3 atom stereocenters. The Labute approximate surface area is 245 Å². The number of carboxylic acids is 3. The van der Waals surface area contributed by atoms with Crippen LogP contribution in [0.5, 0.6) is 0 Å². The Morgan fingerprint density at radius 2 is 0.775 bits per heavy atom. The van der Waals surface area contributed by atoms with E-state index in [0.717, 1.165) is 25.7 Å². The third-order valence-electron chi connectivity index (χ3n) is 8.29. The van der Waals surface area contributed by atoms with Crippen molar-refractivity contribution in [2.45, 2.75) is 136 Å². The van der Waals surface area contributed by atoms with Crippen LogP contribution in [0.1, 0.15) is 136 Å². The summed E-state index contributed by atoms with van der Waals surface area (Å²) in [4.78, 5) is 34.9. The van der Waals surface area contributed by atoms with Gasteiger partial charge in [-0.05, 0) is 46.5 Å². The van der Waals surface area contributed by atoms with E-state index in [0.29, 0.717) is 6.54 Å². The van der Waals surface area contributed by atoms with E-state index in [-0.39, 0.29) is 24.1 Å². The molecule has 0 aliphatic rings. The molecule has 0 bridgehead atoms. The maximum atomic E-state index is 11.6. The lowest BCUT2D eigenvalue weighted by Crippen LogP contribution is -2.57. The van der Waals surface area contributed by atoms with Crippen molar-refractivity contribution in [2.75, 3.05) is 26.2 Å². The molecule has 0 rings (SSSR count). The van der Waals surface area contributed by atoms with E-state index in [4.69, 9.17) is 0 Å². The highest BCUT2D eigenvalue weighted by molar-refractivity contribution is 5.70. The molecule has 0 aliphatic heterocycles. The van der Waals surface area contributed by atoms with E-state index in [1.54, 1.807) is 20.8 Å². The minimum absolute atomic E-state index is 0.226. The highest BCUT2D eigenvalue weighted by Gasteiger charge is 2.38. The highest BCUT2D eigenvalue weighted by atomic mass is 16.4. The molecule has 0 aromatic carbocycles. The average molecular weight is 569 g/mol. The number of unbranched alkanes of at least 4 members (excludes halogenated alkanes) is 17. The van der Waals surface area contributed by atoms with Gasteiger partial charge in [0.25, 0.3) is 0 Å². The van der Waals surface area contributed by atoms with Gasteiger partial charge in [-0.15, -0.1) is 6.58 Å². The number of hydrogen-bond donors (Lipinski definition) is 3. The van der Waals surface area contributed by atoms with Crippen LogP contribution in [-0.2, 0) is 14.4 Å². The molecule has 0 aromatic rings. The fraction of sp³-hybridized carbons (Fsp3) is 0.848. The van der Waals surface area contributed by atoms with Crippen LogP contribution in [0.2, 0.25) is 0 Å². The van der Waals surface area contributed by atoms with Crippen LogP contribution in [0.15, 0.2) is 12.7 Å². The lowest BCUT2D eigenvalue weighted by atomic mass is 10.00. The molecule has 0 fully saturated rings. The SMILES string of the molecule is C=CCCCCCCCCCCCCCCCCCCC[N+](CC(C)C(=O)O)(CC(C)C(=O)O)CC(C)C(=O)O. The smallest absolute Gasteiger partial charge is 0.311 e. The maximum absolute atomic E-state index is 11.6. The summed E-state index contributed by atoms with van der Waals surface area (Å²) in [6.07, 6.45) is 24.6. The first kappa shape index (κ1) is 38.1. The number of hydrogen-bond acceptors (Lipinski definition) is 3. The number of nitrogens with zero attached hydrogens (tertiary/aromatic N) is 1. The lowest BCUT2D eigenvalue weighted by Gasteiger charge is -2.42. The molecule has 0 radical (unpaired) electrons. The van der Waals surface area contributed by atoms with E-state index in [1.807, 2.05) is 6.08 Å². The van der Waals surface area contributed by atoms with Gasteiger partial charge in [0, 0.05) is 0 Å². The minimum Gasteiger partial charge on any atom is -0.481 e. The summed E-state index contributed by atoms with van der Waals surface area (Å²) < 4.78 is 0.226. The summed E-state index contributed by atoms with van der Waals surface area (Å²) in [5.41, 5.74) is 0. The van der Waals surface area contributed by atoms with Gasteiger partial charge in [0.2, 0.25) is 0 Å². The fourth-order valence-electron chi connectivity index (χ4n) is 5.86. The normalized spacial score (nSPS) is 15.2. The van der Waals surface area contributed by atoms with Crippen LogP contribution in [0, 0.1) is 17.8 Å². The van der Waals surface area contributed by atoms with Gasteiger partial charge in [0.05, 0.1) is 26.2 Å². The summed E-state index contributed by atoms with van der Waals surface area (Å²) in [5, 5.41) is 28.6. The predicted octanol–water partition coefficient (Wildman–Crippen LogP) is 8.17. The van der Waals surface area contributed by atoms with E-state index in [2.05, 4.69) is 6.58 Å². The number of aliphatic carboxylic acids is 3. The second-order valence-electron chi connectivity index (χ2n) is 12.4. The fourth-order valence-corrected chi connectivity index (χ4v) is 5.86. The first-order valence-corrected chi connectivity index (χ1v) is 16.2. The number of allylic oxidation sites excluding steroid dienone is 1. The quantitative estimate of drug-likeness (QED) is 0.0476. The van der Waals surface area contributed by atoms with Crippen molar-refractivity contribution < 1.29 is 34.2 Å². The molecule has 7 nitrogen and oxygen atoms in total. The molecule has 0 amide bonds. The van der Waals surface area contributed by atoms with Gasteiger partial charge >= 0.3 is 17.9 Å². The zero-order chi connectivity index (χ0) is 30.2. The van der Waals surface area contributed by atoms with Crippen molar-refractivity contribution in [2.24, 2.45) is 17.8 Å². The monoisotopic (exact) mass is 568 g/mol. The van der Waals surface area contributed by atoms with Gasteiger partial charge in [-0.1, -0.05) is 96.0 Å². The van der Waals surface area contributed by atoms with Crippen LogP contribution in [-0.4, -0.2) is 63.9 Å². The molecule has 234 valence electrons. The maximum Gasteiger partial charge on any atom is 0.311 e. The van der Waals surface area contributed by atoms with Crippen molar-refractivity contribution >= 4 is 17.9 Å². The van der Waals surface area contributed by atoms with Gasteiger partial charge in [-0.2, -0.15) is 0 Å². The summed E-state index contributed by atoms with van der Waals surface area (Å²) >= 11 is 0. The highest BCUT2D eigenvalue weighted by Crippen LogP contribution is 2.22. The molecule has 0 aliphatic carbocycles. The molecule has 7 heteroatoms. The van der Waals surface area contributed by atoms with Crippen molar-refractivity contribution in [1.29, 1.82) is 0 Å². The van der Waals surface area contributed by atoms with Gasteiger partial charge < -0.3 is 19.8 Å². The lowest BCUT2D eigenvalue weighted by molar-refractivity contribution is -0.934. The van der Waals surface area contributed by atoms with Crippen molar-refractivity contribution in [3.63, 3.8) is 0 Å². The predicted molar refractivity (Wildman–Crippen MR) is 163 cm³/mol.